The fourth-order valence-electron chi connectivity index (χ4n) is 5.07. The average Bonchev–Trinajstić information content (AvgIpc) is 2.88. The molecule has 0 saturated carbocycles. The minimum absolute atomic E-state index is 0.109. The van der Waals surface area contributed by atoms with Crippen molar-refractivity contribution >= 4 is 40.9 Å². The first-order valence-electron chi connectivity index (χ1n) is 13.6. The van der Waals surface area contributed by atoms with E-state index in [4.69, 9.17) is 16.3 Å². The zero-order chi connectivity index (χ0) is 29.2. The van der Waals surface area contributed by atoms with E-state index in [1.165, 1.54) is 6.33 Å². The number of carbonyl (C=O) groups is 2. The molecule has 2 aliphatic heterocycles. The fraction of sp³-hybridized carbons (Fsp3) is 0.571. The number of aliphatic hydroxyl groups excluding tert-OH is 1. The second-order valence-electron chi connectivity index (χ2n) is 11.6. The van der Waals surface area contributed by atoms with Gasteiger partial charge in [0.2, 0.25) is 5.91 Å². The summed E-state index contributed by atoms with van der Waals surface area (Å²) in [6.45, 7) is 12.3. The van der Waals surface area contributed by atoms with Crippen LogP contribution in [0.25, 0.3) is 0 Å². The van der Waals surface area contributed by atoms with Gasteiger partial charge in [-0.15, -0.1) is 0 Å². The van der Waals surface area contributed by atoms with Gasteiger partial charge in [0.15, 0.2) is 11.6 Å². The highest BCUT2D eigenvalue weighted by molar-refractivity contribution is 6.30. The lowest BCUT2D eigenvalue weighted by Crippen LogP contribution is -2.54. The van der Waals surface area contributed by atoms with Crippen LogP contribution in [0.4, 0.5) is 22.1 Å². The molecule has 0 radical (unpaired) electrons. The molecule has 1 fully saturated rings. The van der Waals surface area contributed by atoms with Crippen LogP contribution in [0, 0.1) is 0 Å². The van der Waals surface area contributed by atoms with Crippen molar-refractivity contribution in [2.45, 2.75) is 58.4 Å². The highest BCUT2D eigenvalue weighted by atomic mass is 35.5. The Bertz CT molecular complexity index is 1200. The molecule has 0 bridgehead atoms. The molecule has 40 heavy (non-hydrogen) atoms. The minimum Gasteiger partial charge on any atom is -0.444 e. The summed E-state index contributed by atoms with van der Waals surface area (Å²) in [5, 5.41) is 15.2. The van der Waals surface area contributed by atoms with E-state index in [0.717, 1.165) is 17.1 Å². The molecular formula is C28H40ClN7O4. The van der Waals surface area contributed by atoms with Crippen LogP contribution >= 0.6 is 11.6 Å². The molecule has 2 atom stereocenters. The summed E-state index contributed by atoms with van der Waals surface area (Å²) in [5.74, 6) is 0.756. The third kappa shape index (κ3) is 6.94. The van der Waals surface area contributed by atoms with Gasteiger partial charge < -0.3 is 29.9 Å². The summed E-state index contributed by atoms with van der Waals surface area (Å²) < 4.78 is 5.69. The lowest BCUT2D eigenvalue weighted by atomic mass is 9.95. The van der Waals surface area contributed by atoms with E-state index in [1.54, 1.807) is 17.0 Å². The summed E-state index contributed by atoms with van der Waals surface area (Å²) in [6, 6.07) is 7.27. The molecule has 2 aliphatic rings. The maximum Gasteiger partial charge on any atom is 0.410 e. The molecule has 218 valence electrons. The number of anilines is 3. The Hall–Kier alpha value is -3.15. The van der Waals surface area contributed by atoms with Gasteiger partial charge in [-0.1, -0.05) is 23.7 Å². The Labute approximate surface area is 241 Å². The van der Waals surface area contributed by atoms with Crippen LogP contribution in [0.3, 0.4) is 0 Å². The normalized spacial score (nSPS) is 17.8. The third-order valence-corrected chi connectivity index (χ3v) is 7.37. The van der Waals surface area contributed by atoms with Crippen molar-refractivity contribution in [3.05, 3.63) is 41.2 Å². The van der Waals surface area contributed by atoms with Gasteiger partial charge in [0.25, 0.3) is 0 Å². The van der Waals surface area contributed by atoms with E-state index in [9.17, 15) is 14.7 Å². The van der Waals surface area contributed by atoms with Gasteiger partial charge >= 0.3 is 6.09 Å². The van der Waals surface area contributed by atoms with Gasteiger partial charge in [0.1, 0.15) is 23.8 Å². The molecule has 4 rings (SSSR count). The number of ether oxygens (including phenoxy) is 1. The van der Waals surface area contributed by atoms with Gasteiger partial charge in [0, 0.05) is 56.8 Å². The predicted molar refractivity (Wildman–Crippen MR) is 156 cm³/mol. The van der Waals surface area contributed by atoms with Gasteiger partial charge in [-0.05, 0) is 52.3 Å². The standard InChI is InChI=1S/C28H40ClN7O4/c1-18(2)36(27(39)40-28(3,4)5)15-21(19-7-9-20(29)10-8-19)26(38)35-13-11-34(12-14-35)25-23-24(30-17-31-25)32-22(37)16-33(23)6/h7-10,17-18,21,26,38H,11-16H2,1-6H3,(H,30,31,32,37). The number of fused-ring (bicyclic) bond motifs is 1. The van der Waals surface area contributed by atoms with Crippen molar-refractivity contribution in [2.24, 2.45) is 0 Å². The molecule has 0 spiro atoms. The van der Waals surface area contributed by atoms with E-state index in [-0.39, 0.29) is 25.0 Å². The first-order chi connectivity index (χ1) is 18.8. The van der Waals surface area contributed by atoms with Gasteiger partial charge in [-0.2, -0.15) is 0 Å². The fourth-order valence-corrected chi connectivity index (χ4v) is 5.20. The first kappa shape index (κ1) is 29.8. The topological polar surface area (TPSA) is 114 Å². The molecule has 1 aromatic carbocycles. The Morgan fingerprint density at radius 3 is 2.40 bits per heavy atom. The molecule has 2 unspecified atom stereocenters. The van der Waals surface area contributed by atoms with Crippen LogP contribution in [-0.2, 0) is 9.53 Å². The van der Waals surface area contributed by atoms with Gasteiger partial charge in [0.05, 0.1) is 6.54 Å². The largest absolute Gasteiger partial charge is 0.444 e. The van der Waals surface area contributed by atoms with E-state index in [1.807, 2.05) is 63.6 Å². The SMILES string of the molecule is CC(C)N(CC(c1ccc(Cl)cc1)C(O)N1CCN(c2ncnc3c2N(C)CC(=O)N3)CC1)C(=O)OC(C)(C)C. The molecule has 11 nitrogen and oxygen atoms in total. The number of nitrogens with zero attached hydrogens (tertiary/aromatic N) is 6. The van der Waals surface area contributed by atoms with Crippen molar-refractivity contribution in [1.82, 2.24) is 19.8 Å². The van der Waals surface area contributed by atoms with Gasteiger partial charge in [-0.3, -0.25) is 9.69 Å². The summed E-state index contributed by atoms with van der Waals surface area (Å²) in [4.78, 5) is 41.6. The number of halogens is 1. The number of amides is 2. The number of aromatic nitrogens is 2. The zero-order valence-corrected chi connectivity index (χ0v) is 24.9. The summed E-state index contributed by atoms with van der Waals surface area (Å²) in [5.41, 5.74) is 1.04. The minimum atomic E-state index is -0.853. The van der Waals surface area contributed by atoms with Gasteiger partial charge in [-0.25, -0.2) is 14.8 Å². The number of likely N-dealkylation sites (N-methyl/N-ethyl adjacent to an activating group) is 1. The van der Waals surface area contributed by atoms with E-state index >= 15 is 0 Å². The average molecular weight is 574 g/mol. The number of rotatable bonds is 7. The number of benzene rings is 1. The number of piperazine rings is 1. The monoisotopic (exact) mass is 573 g/mol. The van der Waals surface area contributed by atoms with Crippen LogP contribution in [0.2, 0.25) is 5.02 Å². The molecule has 0 aliphatic carbocycles. The number of aliphatic hydroxyl groups is 1. The van der Waals surface area contributed by atoms with E-state index < -0.39 is 23.8 Å². The lowest BCUT2D eigenvalue weighted by Gasteiger charge is -2.42. The Kier molecular flexibility index (Phi) is 9.06. The molecular weight excluding hydrogens is 534 g/mol. The van der Waals surface area contributed by atoms with Crippen molar-refractivity contribution in [3.63, 3.8) is 0 Å². The predicted octanol–water partition coefficient (Wildman–Crippen LogP) is 3.39. The number of carbonyl (C=O) groups excluding carboxylic acids is 2. The van der Waals surface area contributed by atoms with Crippen LogP contribution in [-0.4, -0.2) is 101 Å². The van der Waals surface area contributed by atoms with E-state index in [0.29, 0.717) is 37.0 Å². The summed E-state index contributed by atoms with van der Waals surface area (Å²) in [7, 11) is 1.85. The maximum atomic E-state index is 13.1. The molecule has 2 aromatic rings. The zero-order valence-electron chi connectivity index (χ0n) is 24.1. The Morgan fingerprint density at radius 2 is 1.80 bits per heavy atom. The molecule has 1 aromatic heterocycles. The van der Waals surface area contributed by atoms with Crippen LogP contribution in [0.15, 0.2) is 30.6 Å². The molecule has 3 heterocycles. The Balaban J connectivity index is 1.53. The second kappa shape index (κ2) is 12.2. The van der Waals surface area contributed by atoms with Crippen molar-refractivity contribution in [2.75, 3.05) is 61.4 Å². The first-order valence-corrected chi connectivity index (χ1v) is 14.0. The molecule has 2 amide bonds. The van der Waals surface area contributed by atoms with Crippen molar-refractivity contribution < 1.29 is 19.4 Å². The molecule has 12 heteroatoms. The highest BCUT2D eigenvalue weighted by Crippen LogP contribution is 2.35. The lowest BCUT2D eigenvalue weighted by molar-refractivity contribution is -0.115. The highest BCUT2D eigenvalue weighted by Gasteiger charge is 2.35. The van der Waals surface area contributed by atoms with Crippen LogP contribution < -0.4 is 15.1 Å². The smallest absolute Gasteiger partial charge is 0.410 e. The van der Waals surface area contributed by atoms with Crippen molar-refractivity contribution in [3.8, 4) is 0 Å². The number of hydrogen-bond acceptors (Lipinski definition) is 9. The second-order valence-corrected chi connectivity index (χ2v) is 12.1. The maximum absolute atomic E-state index is 13.1. The number of nitrogens with one attached hydrogen (secondary N) is 1. The quantitative estimate of drug-likeness (QED) is 0.514. The Morgan fingerprint density at radius 1 is 1.15 bits per heavy atom. The molecule has 1 saturated heterocycles. The third-order valence-electron chi connectivity index (χ3n) is 7.11. The molecule has 2 N–H and O–H groups in total. The summed E-state index contributed by atoms with van der Waals surface area (Å²) in [6.07, 6.45) is 0.194. The number of hydrogen-bond donors (Lipinski definition) is 2. The van der Waals surface area contributed by atoms with Crippen LogP contribution in [0.5, 0.6) is 0 Å². The van der Waals surface area contributed by atoms with Crippen LogP contribution in [0.1, 0.15) is 46.1 Å². The summed E-state index contributed by atoms with van der Waals surface area (Å²) >= 11 is 6.17. The van der Waals surface area contributed by atoms with E-state index in [2.05, 4.69) is 20.2 Å². The van der Waals surface area contributed by atoms with Crippen molar-refractivity contribution in [1.29, 1.82) is 0 Å².